The van der Waals surface area contributed by atoms with E-state index in [1.54, 1.807) is 0 Å². The number of amides is 1. The SMILES string of the molecule is O=C(O)NCCNCCCC1(C(F)(F)F)CC1. The number of alkyl halides is 3. The zero-order valence-corrected chi connectivity index (χ0v) is 9.44. The van der Waals surface area contributed by atoms with Crippen molar-refractivity contribution in [2.75, 3.05) is 19.6 Å². The van der Waals surface area contributed by atoms with Crippen LogP contribution in [0.15, 0.2) is 0 Å². The molecule has 1 aliphatic carbocycles. The molecule has 1 saturated carbocycles. The van der Waals surface area contributed by atoms with Gasteiger partial charge in [-0.15, -0.1) is 0 Å². The highest BCUT2D eigenvalue weighted by molar-refractivity contribution is 5.64. The highest BCUT2D eigenvalue weighted by atomic mass is 19.4. The van der Waals surface area contributed by atoms with E-state index in [-0.39, 0.29) is 25.8 Å². The molecule has 4 nitrogen and oxygen atoms in total. The van der Waals surface area contributed by atoms with Gasteiger partial charge in [-0.1, -0.05) is 0 Å². The first-order valence-corrected chi connectivity index (χ1v) is 5.62. The molecule has 3 N–H and O–H groups in total. The summed E-state index contributed by atoms with van der Waals surface area (Å²) in [4.78, 5) is 10.1. The molecule has 0 spiro atoms. The van der Waals surface area contributed by atoms with Gasteiger partial charge in [-0.3, -0.25) is 0 Å². The number of carboxylic acid groups (broad SMARTS) is 1. The number of rotatable bonds is 7. The van der Waals surface area contributed by atoms with Crippen molar-refractivity contribution in [3.63, 3.8) is 0 Å². The molecule has 0 aromatic carbocycles. The zero-order valence-electron chi connectivity index (χ0n) is 9.44. The Labute approximate surface area is 97.6 Å². The van der Waals surface area contributed by atoms with Gasteiger partial charge in [0, 0.05) is 13.1 Å². The fourth-order valence-electron chi connectivity index (χ4n) is 1.76. The summed E-state index contributed by atoms with van der Waals surface area (Å²) in [7, 11) is 0. The lowest BCUT2D eigenvalue weighted by Gasteiger charge is -2.18. The van der Waals surface area contributed by atoms with E-state index in [9.17, 15) is 18.0 Å². The molecule has 17 heavy (non-hydrogen) atoms. The molecule has 1 fully saturated rings. The fourth-order valence-corrected chi connectivity index (χ4v) is 1.76. The van der Waals surface area contributed by atoms with Gasteiger partial charge in [-0.05, 0) is 32.2 Å². The average molecular weight is 254 g/mol. The van der Waals surface area contributed by atoms with Crippen molar-refractivity contribution >= 4 is 6.09 Å². The highest BCUT2D eigenvalue weighted by Gasteiger charge is 2.62. The maximum atomic E-state index is 12.5. The molecule has 0 aliphatic heterocycles. The average Bonchev–Trinajstić information content (AvgIpc) is 2.96. The molecule has 0 aromatic rings. The Morgan fingerprint density at radius 3 is 2.35 bits per heavy atom. The number of nitrogens with one attached hydrogen (secondary N) is 2. The molecule has 0 atom stereocenters. The molecule has 0 unspecified atom stereocenters. The Morgan fingerprint density at radius 1 is 1.24 bits per heavy atom. The lowest BCUT2D eigenvalue weighted by atomic mass is 10.00. The minimum atomic E-state index is -4.07. The van der Waals surface area contributed by atoms with Crippen LogP contribution in [0.25, 0.3) is 0 Å². The third kappa shape index (κ3) is 4.41. The topological polar surface area (TPSA) is 61.4 Å². The van der Waals surface area contributed by atoms with Crippen molar-refractivity contribution in [3.05, 3.63) is 0 Å². The summed E-state index contributed by atoms with van der Waals surface area (Å²) in [5.41, 5.74) is -1.42. The van der Waals surface area contributed by atoms with Crippen LogP contribution < -0.4 is 10.6 Å². The van der Waals surface area contributed by atoms with Gasteiger partial charge in [-0.2, -0.15) is 13.2 Å². The summed E-state index contributed by atoms with van der Waals surface area (Å²) in [6.45, 7) is 1.18. The lowest BCUT2D eigenvalue weighted by molar-refractivity contribution is -0.189. The fraction of sp³-hybridized carbons (Fsp3) is 0.900. The smallest absolute Gasteiger partial charge is 0.404 e. The number of halogens is 3. The molecule has 0 aromatic heterocycles. The standard InChI is InChI=1S/C10H17F3N2O2/c11-10(12,13)9(3-4-9)2-1-5-14-6-7-15-8(16)17/h14-15H,1-7H2,(H,16,17). The Hall–Kier alpha value is -0.980. The van der Waals surface area contributed by atoms with Crippen molar-refractivity contribution < 1.29 is 23.1 Å². The van der Waals surface area contributed by atoms with Gasteiger partial charge in [0.05, 0.1) is 5.41 Å². The summed E-state index contributed by atoms with van der Waals surface area (Å²) in [6.07, 6.45) is -4.05. The molecular formula is C10H17F3N2O2. The second kappa shape index (κ2) is 5.57. The summed E-state index contributed by atoms with van der Waals surface area (Å²) < 4.78 is 37.6. The van der Waals surface area contributed by atoms with Crippen LogP contribution >= 0.6 is 0 Å². The lowest BCUT2D eigenvalue weighted by Crippen LogP contribution is -2.31. The van der Waals surface area contributed by atoms with Crippen LogP contribution in [-0.4, -0.2) is 37.0 Å². The molecule has 1 amide bonds. The van der Waals surface area contributed by atoms with Crippen LogP contribution in [0.4, 0.5) is 18.0 Å². The van der Waals surface area contributed by atoms with Gasteiger partial charge in [0.25, 0.3) is 0 Å². The van der Waals surface area contributed by atoms with E-state index in [1.807, 2.05) is 0 Å². The summed E-state index contributed by atoms with van der Waals surface area (Å²) in [6, 6.07) is 0. The molecule has 1 aliphatic rings. The predicted octanol–water partition coefficient (Wildman–Crippen LogP) is 1.97. The van der Waals surface area contributed by atoms with Gasteiger partial charge in [0.15, 0.2) is 0 Å². The Morgan fingerprint density at radius 2 is 1.88 bits per heavy atom. The minimum Gasteiger partial charge on any atom is -0.465 e. The molecule has 0 radical (unpaired) electrons. The second-order valence-electron chi connectivity index (χ2n) is 4.36. The van der Waals surface area contributed by atoms with Gasteiger partial charge >= 0.3 is 12.3 Å². The van der Waals surface area contributed by atoms with Crippen LogP contribution in [-0.2, 0) is 0 Å². The Balaban J connectivity index is 2.00. The normalized spacial score (nSPS) is 17.8. The van der Waals surface area contributed by atoms with Crippen molar-refractivity contribution in [1.29, 1.82) is 0 Å². The van der Waals surface area contributed by atoms with Crippen LogP contribution in [0.5, 0.6) is 0 Å². The predicted molar refractivity (Wildman–Crippen MR) is 55.9 cm³/mol. The summed E-state index contributed by atoms with van der Waals surface area (Å²) in [5.74, 6) is 0. The third-order valence-electron chi connectivity index (χ3n) is 3.04. The van der Waals surface area contributed by atoms with Gasteiger partial charge < -0.3 is 15.7 Å². The first-order chi connectivity index (χ1) is 7.87. The monoisotopic (exact) mass is 254 g/mol. The van der Waals surface area contributed by atoms with E-state index in [1.165, 1.54) is 0 Å². The van der Waals surface area contributed by atoms with Crippen molar-refractivity contribution in [1.82, 2.24) is 10.6 Å². The Kier molecular flexibility index (Phi) is 4.62. The van der Waals surface area contributed by atoms with Crippen LogP contribution in [0, 0.1) is 5.41 Å². The number of carbonyl (C=O) groups is 1. The maximum Gasteiger partial charge on any atom is 0.404 e. The molecule has 0 bridgehead atoms. The first-order valence-electron chi connectivity index (χ1n) is 5.62. The molecule has 1 rings (SSSR count). The number of hydrogen-bond donors (Lipinski definition) is 3. The van der Waals surface area contributed by atoms with Gasteiger partial charge in [0.2, 0.25) is 0 Å². The molecule has 0 saturated heterocycles. The van der Waals surface area contributed by atoms with Crippen LogP contribution in [0.1, 0.15) is 25.7 Å². The van der Waals surface area contributed by atoms with E-state index in [0.29, 0.717) is 19.5 Å². The van der Waals surface area contributed by atoms with E-state index < -0.39 is 17.7 Å². The first kappa shape index (κ1) is 14.1. The summed E-state index contributed by atoms with van der Waals surface area (Å²) >= 11 is 0. The highest BCUT2D eigenvalue weighted by Crippen LogP contribution is 2.60. The summed E-state index contributed by atoms with van der Waals surface area (Å²) in [5, 5.41) is 13.3. The van der Waals surface area contributed by atoms with E-state index in [4.69, 9.17) is 5.11 Å². The maximum absolute atomic E-state index is 12.5. The molecule has 100 valence electrons. The molecule has 0 heterocycles. The Bertz CT molecular complexity index is 265. The quantitative estimate of drug-likeness (QED) is 0.609. The van der Waals surface area contributed by atoms with Gasteiger partial charge in [0.1, 0.15) is 0 Å². The minimum absolute atomic E-state index is 0.163. The van der Waals surface area contributed by atoms with E-state index in [0.717, 1.165) is 0 Å². The van der Waals surface area contributed by atoms with Crippen molar-refractivity contribution in [2.24, 2.45) is 5.41 Å². The van der Waals surface area contributed by atoms with Crippen LogP contribution in [0.3, 0.4) is 0 Å². The van der Waals surface area contributed by atoms with Gasteiger partial charge in [-0.25, -0.2) is 4.79 Å². The molecular weight excluding hydrogens is 237 g/mol. The van der Waals surface area contributed by atoms with Crippen molar-refractivity contribution in [3.8, 4) is 0 Å². The van der Waals surface area contributed by atoms with Crippen molar-refractivity contribution in [2.45, 2.75) is 31.9 Å². The number of hydrogen-bond acceptors (Lipinski definition) is 2. The molecule has 7 heteroatoms. The third-order valence-corrected chi connectivity index (χ3v) is 3.04. The largest absolute Gasteiger partial charge is 0.465 e. The van der Waals surface area contributed by atoms with E-state index in [2.05, 4.69) is 10.6 Å². The second-order valence-corrected chi connectivity index (χ2v) is 4.36. The zero-order chi connectivity index (χ0) is 12.9. The van der Waals surface area contributed by atoms with E-state index >= 15 is 0 Å². The van der Waals surface area contributed by atoms with Crippen LogP contribution in [0.2, 0.25) is 0 Å².